The number of rotatable bonds is 17. The fourth-order valence-electron chi connectivity index (χ4n) is 3.38. The first-order valence-electron chi connectivity index (χ1n) is 11.8. The second-order valence-electron chi connectivity index (χ2n) is 9.04. The van der Waals surface area contributed by atoms with Crippen molar-refractivity contribution >= 4 is 5.91 Å². The van der Waals surface area contributed by atoms with Crippen LogP contribution in [0.25, 0.3) is 0 Å². The summed E-state index contributed by atoms with van der Waals surface area (Å²) in [6, 6.07) is 5.40. The normalized spacial score (nSPS) is 15.2. The van der Waals surface area contributed by atoms with Crippen molar-refractivity contribution in [1.82, 2.24) is 5.32 Å². The molecule has 0 heterocycles. The zero-order chi connectivity index (χ0) is 24.8. The van der Waals surface area contributed by atoms with E-state index in [0.29, 0.717) is 39.3 Å². The van der Waals surface area contributed by atoms with Crippen LogP contribution in [-0.2, 0) is 20.9 Å². The first kappa shape index (κ1) is 29.3. The molecule has 8 heteroatoms. The first-order valence-corrected chi connectivity index (χ1v) is 11.8. The van der Waals surface area contributed by atoms with Gasteiger partial charge in [0.1, 0.15) is 5.75 Å². The van der Waals surface area contributed by atoms with E-state index in [0.717, 1.165) is 23.3 Å². The van der Waals surface area contributed by atoms with Gasteiger partial charge in [0, 0.05) is 26.2 Å². The van der Waals surface area contributed by atoms with E-state index >= 15 is 0 Å². The summed E-state index contributed by atoms with van der Waals surface area (Å²) in [7, 11) is 1.67. The summed E-state index contributed by atoms with van der Waals surface area (Å²) >= 11 is 0. The number of carbonyl (C=O) groups is 1. The van der Waals surface area contributed by atoms with Crippen LogP contribution in [-0.4, -0.2) is 67.8 Å². The first-order chi connectivity index (χ1) is 15.7. The van der Waals surface area contributed by atoms with Crippen LogP contribution in [0, 0.1) is 18.8 Å². The number of hydrogen-bond donors (Lipinski definition) is 4. The monoisotopic (exact) mass is 468 g/mol. The molecule has 0 fully saturated rings. The lowest BCUT2D eigenvalue weighted by molar-refractivity contribution is -0.130. The highest BCUT2D eigenvalue weighted by molar-refractivity contribution is 5.79. The van der Waals surface area contributed by atoms with Crippen molar-refractivity contribution in [2.24, 2.45) is 17.6 Å². The van der Waals surface area contributed by atoms with Gasteiger partial charge >= 0.3 is 0 Å². The van der Waals surface area contributed by atoms with E-state index < -0.39 is 12.0 Å². The molecule has 5 N–H and O–H groups in total. The van der Waals surface area contributed by atoms with Gasteiger partial charge < -0.3 is 35.5 Å². The highest BCUT2D eigenvalue weighted by Crippen LogP contribution is 2.21. The number of carbonyl (C=O) groups excluding carboxylic acids is 1. The van der Waals surface area contributed by atoms with E-state index in [1.165, 1.54) is 0 Å². The number of methoxy groups -OCH3 is 1. The Hall–Kier alpha value is -1.71. The van der Waals surface area contributed by atoms with Gasteiger partial charge in [-0.3, -0.25) is 4.79 Å². The standard InChI is InChI=1S/C25H44N2O6/c1-17(2)23(14-28)27-25(30)22(19(4)29)10-9-21(26)16-32-15-20-8-7-18(3)24(13-20)33-12-6-11-31-5/h7-8,13,17,19,21-23,28-29H,6,9-12,14-16,26H2,1-5H3,(H,27,30)/t19?,21?,22-,23?/m0/s1. The van der Waals surface area contributed by atoms with Gasteiger partial charge in [-0.05, 0) is 49.8 Å². The van der Waals surface area contributed by atoms with E-state index in [2.05, 4.69) is 5.32 Å². The van der Waals surface area contributed by atoms with Gasteiger partial charge in [0.15, 0.2) is 0 Å². The number of aliphatic hydroxyl groups excluding tert-OH is 2. The Morgan fingerprint density at radius 2 is 1.91 bits per heavy atom. The third-order valence-corrected chi connectivity index (χ3v) is 5.70. The summed E-state index contributed by atoms with van der Waals surface area (Å²) in [6.45, 7) is 9.34. The molecule has 1 rings (SSSR count). The minimum absolute atomic E-state index is 0.0994. The van der Waals surface area contributed by atoms with Gasteiger partial charge in [-0.25, -0.2) is 0 Å². The van der Waals surface area contributed by atoms with Crippen LogP contribution in [0.15, 0.2) is 18.2 Å². The molecule has 3 unspecified atom stereocenters. The van der Waals surface area contributed by atoms with Gasteiger partial charge in [-0.2, -0.15) is 0 Å². The molecule has 0 aliphatic heterocycles. The summed E-state index contributed by atoms with van der Waals surface area (Å²) in [4.78, 5) is 12.6. The van der Waals surface area contributed by atoms with E-state index in [4.69, 9.17) is 19.9 Å². The van der Waals surface area contributed by atoms with Crippen LogP contribution in [0.3, 0.4) is 0 Å². The number of amides is 1. The zero-order valence-electron chi connectivity index (χ0n) is 20.9. The molecular weight excluding hydrogens is 424 g/mol. The quantitative estimate of drug-likeness (QED) is 0.258. The molecular formula is C25H44N2O6. The predicted molar refractivity (Wildman–Crippen MR) is 129 cm³/mol. The summed E-state index contributed by atoms with van der Waals surface area (Å²) in [6.07, 6.45) is 0.999. The molecule has 1 amide bonds. The zero-order valence-corrected chi connectivity index (χ0v) is 20.9. The van der Waals surface area contributed by atoms with Gasteiger partial charge in [0.05, 0.1) is 44.5 Å². The molecule has 0 radical (unpaired) electrons. The molecule has 0 spiro atoms. The van der Waals surface area contributed by atoms with E-state index in [9.17, 15) is 15.0 Å². The fourth-order valence-corrected chi connectivity index (χ4v) is 3.38. The smallest absolute Gasteiger partial charge is 0.226 e. The second-order valence-corrected chi connectivity index (χ2v) is 9.04. The highest BCUT2D eigenvalue weighted by atomic mass is 16.5. The number of aliphatic hydroxyl groups is 2. The number of nitrogens with one attached hydrogen (secondary N) is 1. The van der Waals surface area contributed by atoms with Crippen LogP contribution in [0.1, 0.15) is 51.2 Å². The number of aryl methyl sites for hydroxylation is 1. The molecule has 1 aromatic carbocycles. The topological polar surface area (TPSA) is 123 Å². The lowest BCUT2D eigenvalue weighted by atomic mass is 9.93. The van der Waals surface area contributed by atoms with Crippen molar-refractivity contribution in [2.75, 3.05) is 33.5 Å². The Kier molecular flexibility index (Phi) is 14.2. The largest absolute Gasteiger partial charge is 0.493 e. The molecule has 33 heavy (non-hydrogen) atoms. The van der Waals surface area contributed by atoms with E-state index in [1.807, 2.05) is 39.0 Å². The van der Waals surface area contributed by atoms with E-state index in [-0.39, 0.29) is 30.5 Å². The SMILES string of the molecule is COCCCOc1cc(COCC(N)CC[C@H](C(=O)NC(CO)C(C)C)C(C)O)ccc1C. The lowest BCUT2D eigenvalue weighted by Gasteiger charge is -2.26. The van der Waals surface area contributed by atoms with Gasteiger partial charge in [-0.1, -0.05) is 26.0 Å². The second kappa shape index (κ2) is 16.0. The molecule has 0 aliphatic rings. The molecule has 190 valence electrons. The molecule has 8 nitrogen and oxygen atoms in total. The van der Waals surface area contributed by atoms with Crippen molar-refractivity contribution in [3.8, 4) is 5.75 Å². The maximum atomic E-state index is 12.6. The maximum absolute atomic E-state index is 12.6. The van der Waals surface area contributed by atoms with Gasteiger partial charge in [-0.15, -0.1) is 0 Å². The van der Waals surface area contributed by atoms with Crippen LogP contribution >= 0.6 is 0 Å². The summed E-state index contributed by atoms with van der Waals surface area (Å²) in [5.41, 5.74) is 8.26. The highest BCUT2D eigenvalue weighted by Gasteiger charge is 2.27. The predicted octanol–water partition coefficient (Wildman–Crippen LogP) is 2.16. The number of ether oxygens (including phenoxy) is 3. The van der Waals surface area contributed by atoms with Crippen LogP contribution < -0.4 is 15.8 Å². The summed E-state index contributed by atoms with van der Waals surface area (Å²) < 4.78 is 16.7. The Labute approximate surface area is 198 Å². The average Bonchev–Trinajstić information content (AvgIpc) is 2.76. The number of benzene rings is 1. The van der Waals surface area contributed by atoms with E-state index in [1.54, 1.807) is 14.0 Å². The van der Waals surface area contributed by atoms with Crippen molar-refractivity contribution in [1.29, 1.82) is 0 Å². The lowest BCUT2D eigenvalue weighted by Crippen LogP contribution is -2.46. The Morgan fingerprint density at radius 3 is 2.52 bits per heavy atom. The maximum Gasteiger partial charge on any atom is 0.226 e. The number of hydrogen-bond acceptors (Lipinski definition) is 7. The van der Waals surface area contributed by atoms with Crippen molar-refractivity contribution in [3.63, 3.8) is 0 Å². The summed E-state index contributed by atoms with van der Waals surface area (Å²) in [5, 5.41) is 22.3. The van der Waals surface area contributed by atoms with Crippen molar-refractivity contribution in [2.45, 2.75) is 71.8 Å². The van der Waals surface area contributed by atoms with Crippen LogP contribution in [0.5, 0.6) is 5.75 Å². The minimum atomic E-state index is -0.806. The third-order valence-electron chi connectivity index (χ3n) is 5.70. The third kappa shape index (κ3) is 11.3. The summed E-state index contributed by atoms with van der Waals surface area (Å²) in [5.74, 6) is 0.0921. The molecule has 4 atom stereocenters. The molecule has 0 aliphatic carbocycles. The molecule has 1 aromatic rings. The van der Waals surface area contributed by atoms with Gasteiger partial charge in [0.2, 0.25) is 5.91 Å². The Bertz CT molecular complexity index is 683. The average molecular weight is 469 g/mol. The van der Waals surface area contributed by atoms with Crippen molar-refractivity contribution in [3.05, 3.63) is 29.3 Å². The van der Waals surface area contributed by atoms with Crippen LogP contribution in [0.2, 0.25) is 0 Å². The van der Waals surface area contributed by atoms with Crippen molar-refractivity contribution < 1.29 is 29.2 Å². The molecule has 0 aromatic heterocycles. The number of nitrogens with two attached hydrogens (primary N) is 1. The molecule has 0 bridgehead atoms. The Balaban J connectivity index is 2.47. The molecule has 0 saturated carbocycles. The Morgan fingerprint density at radius 1 is 1.18 bits per heavy atom. The minimum Gasteiger partial charge on any atom is -0.493 e. The van der Waals surface area contributed by atoms with Gasteiger partial charge in [0.25, 0.3) is 0 Å². The van der Waals surface area contributed by atoms with Crippen LogP contribution in [0.4, 0.5) is 0 Å². The molecule has 0 saturated heterocycles. The fraction of sp³-hybridized carbons (Fsp3) is 0.720.